The van der Waals surface area contributed by atoms with Crippen molar-refractivity contribution in [1.82, 2.24) is 0 Å². The maximum Gasteiger partial charge on any atom is 0.428 e. The van der Waals surface area contributed by atoms with Crippen molar-refractivity contribution >= 4 is 11.8 Å². The van der Waals surface area contributed by atoms with Gasteiger partial charge < -0.3 is 9.84 Å². The Balaban J connectivity index is 5.05. The summed E-state index contributed by atoms with van der Waals surface area (Å²) in [7, 11) is 0.694. The fraction of sp³-hybridized carbons (Fsp3) is 0.714. The van der Waals surface area contributed by atoms with Gasteiger partial charge in [0, 0.05) is 0 Å². The zero-order valence-electron chi connectivity index (χ0n) is 7.51. The molecule has 14 heavy (non-hydrogen) atoms. The Morgan fingerprint density at radius 2 is 1.79 bits per heavy atom. The molecule has 0 heterocycles. The molecule has 0 aromatic rings. The standard InChI is InChI=1S/C7H9F3O4/c1-4(11)3-6(13,5(12)14-2)7(8,9)10/h13H,3H2,1-2H3. The van der Waals surface area contributed by atoms with Gasteiger partial charge in [-0.05, 0) is 6.92 Å². The molecule has 0 fully saturated rings. The Morgan fingerprint density at radius 1 is 1.36 bits per heavy atom. The smallest absolute Gasteiger partial charge is 0.428 e. The molecule has 7 heteroatoms. The lowest BCUT2D eigenvalue weighted by molar-refractivity contribution is -0.261. The van der Waals surface area contributed by atoms with Crippen LogP contribution in [0.3, 0.4) is 0 Å². The first-order chi connectivity index (χ1) is 6.15. The van der Waals surface area contributed by atoms with Gasteiger partial charge in [0.25, 0.3) is 5.60 Å². The maximum absolute atomic E-state index is 12.2. The van der Waals surface area contributed by atoms with Crippen molar-refractivity contribution in [1.29, 1.82) is 0 Å². The normalized spacial score (nSPS) is 15.9. The Hall–Kier alpha value is -1.11. The fourth-order valence-electron chi connectivity index (χ4n) is 0.817. The highest BCUT2D eigenvalue weighted by atomic mass is 19.4. The number of esters is 1. The van der Waals surface area contributed by atoms with Gasteiger partial charge in [-0.1, -0.05) is 0 Å². The number of carbonyl (C=O) groups is 2. The molecular weight excluding hydrogens is 205 g/mol. The summed E-state index contributed by atoms with van der Waals surface area (Å²) in [5.74, 6) is -2.85. The first-order valence-electron chi connectivity index (χ1n) is 3.52. The van der Waals surface area contributed by atoms with E-state index in [9.17, 15) is 22.8 Å². The third kappa shape index (κ3) is 2.44. The molecule has 0 saturated carbocycles. The lowest BCUT2D eigenvalue weighted by Crippen LogP contribution is -2.53. The van der Waals surface area contributed by atoms with Gasteiger partial charge in [-0.15, -0.1) is 0 Å². The topological polar surface area (TPSA) is 63.6 Å². The van der Waals surface area contributed by atoms with E-state index in [1.54, 1.807) is 0 Å². The molecule has 0 aliphatic rings. The summed E-state index contributed by atoms with van der Waals surface area (Å²) >= 11 is 0. The number of aliphatic hydroxyl groups is 1. The van der Waals surface area contributed by atoms with E-state index in [4.69, 9.17) is 5.11 Å². The molecule has 0 amide bonds. The monoisotopic (exact) mass is 214 g/mol. The summed E-state index contributed by atoms with van der Waals surface area (Å²) in [6.07, 6.45) is -6.57. The predicted molar refractivity (Wildman–Crippen MR) is 38.3 cm³/mol. The molecule has 82 valence electrons. The van der Waals surface area contributed by atoms with Crippen LogP contribution in [0, 0.1) is 0 Å². The third-order valence-electron chi connectivity index (χ3n) is 1.50. The minimum atomic E-state index is -5.23. The highest BCUT2D eigenvalue weighted by Gasteiger charge is 2.61. The quantitative estimate of drug-likeness (QED) is 0.692. The first-order valence-corrected chi connectivity index (χ1v) is 3.52. The molecule has 0 aliphatic carbocycles. The summed E-state index contributed by atoms with van der Waals surface area (Å²) in [5, 5.41) is 8.97. The van der Waals surface area contributed by atoms with Gasteiger partial charge in [0.2, 0.25) is 0 Å². The number of hydrogen-bond acceptors (Lipinski definition) is 4. The van der Waals surface area contributed by atoms with E-state index < -0.39 is 30.0 Å². The molecule has 0 aliphatic heterocycles. The molecule has 0 aromatic carbocycles. The van der Waals surface area contributed by atoms with Crippen LogP contribution in [0.25, 0.3) is 0 Å². The van der Waals surface area contributed by atoms with Crippen molar-refractivity contribution in [3.8, 4) is 0 Å². The molecule has 0 rings (SSSR count). The average molecular weight is 214 g/mol. The molecule has 0 bridgehead atoms. The number of hydrogen-bond donors (Lipinski definition) is 1. The predicted octanol–water partition coefficient (Wildman–Crippen LogP) is 0.432. The van der Waals surface area contributed by atoms with Crippen LogP contribution in [0.15, 0.2) is 0 Å². The Labute approximate surface area is 77.7 Å². The molecule has 1 N–H and O–H groups in total. The summed E-state index contributed by atoms with van der Waals surface area (Å²) in [6, 6.07) is 0. The Morgan fingerprint density at radius 3 is 2.00 bits per heavy atom. The summed E-state index contributed by atoms with van der Waals surface area (Å²) in [4.78, 5) is 21.1. The van der Waals surface area contributed by atoms with Gasteiger partial charge >= 0.3 is 12.1 Å². The zero-order chi connectivity index (χ0) is 11.6. The largest absolute Gasteiger partial charge is 0.467 e. The van der Waals surface area contributed by atoms with Crippen molar-refractivity contribution in [2.45, 2.75) is 25.1 Å². The fourth-order valence-corrected chi connectivity index (χ4v) is 0.817. The van der Waals surface area contributed by atoms with E-state index in [0.717, 1.165) is 6.92 Å². The molecule has 0 spiro atoms. The van der Waals surface area contributed by atoms with Crippen LogP contribution in [0.2, 0.25) is 0 Å². The van der Waals surface area contributed by atoms with Crippen molar-refractivity contribution in [2.24, 2.45) is 0 Å². The number of ether oxygens (including phenoxy) is 1. The number of alkyl halides is 3. The van der Waals surface area contributed by atoms with Gasteiger partial charge in [-0.3, -0.25) is 4.79 Å². The van der Waals surface area contributed by atoms with E-state index >= 15 is 0 Å². The summed E-state index contributed by atoms with van der Waals surface area (Å²) in [5.41, 5.74) is -3.74. The molecular formula is C7H9F3O4. The van der Waals surface area contributed by atoms with Crippen molar-refractivity contribution in [2.75, 3.05) is 7.11 Å². The lowest BCUT2D eigenvalue weighted by Gasteiger charge is -2.26. The highest BCUT2D eigenvalue weighted by molar-refractivity contribution is 5.88. The molecule has 0 radical (unpaired) electrons. The number of rotatable bonds is 3. The summed E-state index contributed by atoms with van der Waals surface area (Å²) < 4.78 is 40.4. The minimum absolute atomic E-state index is 0.694. The molecule has 1 unspecified atom stereocenters. The minimum Gasteiger partial charge on any atom is -0.467 e. The molecule has 0 saturated heterocycles. The van der Waals surface area contributed by atoms with Crippen LogP contribution in [0.4, 0.5) is 13.2 Å². The van der Waals surface area contributed by atoms with Gasteiger partial charge in [-0.25, -0.2) is 4.79 Å². The van der Waals surface area contributed by atoms with Crippen LogP contribution < -0.4 is 0 Å². The van der Waals surface area contributed by atoms with Crippen LogP contribution in [-0.2, 0) is 14.3 Å². The summed E-state index contributed by atoms with van der Waals surface area (Å²) in [6.45, 7) is 0.833. The second-order valence-electron chi connectivity index (χ2n) is 2.73. The second-order valence-corrected chi connectivity index (χ2v) is 2.73. The lowest BCUT2D eigenvalue weighted by atomic mass is 9.97. The van der Waals surface area contributed by atoms with Crippen molar-refractivity contribution in [3.05, 3.63) is 0 Å². The number of methoxy groups -OCH3 is 1. The van der Waals surface area contributed by atoms with Crippen LogP contribution >= 0.6 is 0 Å². The first kappa shape index (κ1) is 12.9. The van der Waals surface area contributed by atoms with E-state index in [-0.39, 0.29) is 0 Å². The van der Waals surface area contributed by atoms with E-state index in [1.807, 2.05) is 0 Å². The Bertz CT molecular complexity index is 248. The zero-order valence-corrected chi connectivity index (χ0v) is 7.51. The average Bonchev–Trinajstić information content (AvgIpc) is 1.99. The number of ketones is 1. The van der Waals surface area contributed by atoms with E-state index in [0.29, 0.717) is 7.11 Å². The van der Waals surface area contributed by atoms with Gasteiger partial charge in [0.15, 0.2) is 0 Å². The molecule has 1 atom stereocenters. The van der Waals surface area contributed by atoms with Crippen molar-refractivity contribution < 1.29 is 32.6 Å². The highest BCUT2D eigenvalue weighted by Crippen LogP contribution is 2.34. The number of halogens is 3. The second kappa shape index (κ2) is 3.95. The molecule has 0 aromatic heterocycles. The van der Waals surface area contributed by atoms with E-state index in [2.05, 4.69) is 4.74 Å². The van der Waals surface area contributed by atoms with Crippen LogP contribution in [-0.4, -0.2) is 35.7 Å². The number of Topliss-reactive ketones (excluding diaryl/α,β-unsaturated/α-hetero) is 1. The SMILES string of the molecule is COC(=O)C(O)(CC(C)=O)C(F)(F)F. The third-order valence-corrected chi connectivity index (χ3v) is 1.50. The van der Waals surface area contributed by atoms with Crippen LogP contribution in [0.1, 0.15) is 13.3 Å². The number of carbonyl (C=O) groups excluding carboxylic acids is 2. The van der Waals surface area contributed by atoms with Gasteiger partial charge in [0.1, 0.15) is 5.78 Å². The molecule has 4 nitrogen and oxygen atoms in total. The van der Waals surface area contributed by atoms with E-state index in [1.165, 1.54) is 0 Å². The van der Waals surface area contributed by atoms with Crippen molar-refractivity contribution in [3.63, 3.8) is 0 Å². The van der Waals surface area contributed by atoms with Gasteiger partial charge in [-0.2, -0.15) is 13.2 Å². The Kier molecular flexibility index (Phi) is 3.64. The van der Waals surface area contributed by atoms with Crippen LogP contribution in [0.5, 0.6) is 0 Å². The van der Waals surface area contributed by atoms with Gasteiger partial charge in [0.05, 0.1) is 13.5 Å². The maximum atomic E-state index is 12.2.